The number of nitrogens with two attached hydrogens (primary N) is 2. The number of benzene rings is 1. The van der Waals surface area contributed by atoms with Gasteiger partial charge in [0.1, 0.15) is 5.69 Å². The topological polar surface area (TPSA) is 104 Å². The van der Waals surface area contributed by atoms with Crippen LogP contribution in [0.15, 0.2) is 30.5 Å². The number of hydrogen-bond acceptors (Lipinski definition) is 6. The van der Waals surface area contributed by atoms with E-state index in [1.54, 1.807) is 0 Å². The minimum Gasteiger partial charge on any atom is -0.382 e. The molecule has 3 aromatic rings. The maximum Gasteiger partial charge on any atom is 0.416 e. The molecule has 0 atom stereocenters. The summed E-state index contributed by atoms with van der Waals surface area (Å²) in [4.78, 5) is 16.0. The van der Waals surface area contributed by atoms with E-state index in [1.165, 1.54) is 24.4 Å². The van der Waals surface area contributed by atoms with Crippen LogP contribution in [0.3, 0.4) is 0 Å². The normalized spacial score (nSPS) is 12.6. The zero-order chi connectivity index (χ0) is 18.2. The first-order chi connectivity index (χ1) is 11.7. The average Bonchev–Trinajstić information content (AvgIpc) is 2.54. The van der Waals surface area contributed by atoms with Gasteiger partial charge in [-0.3, -0.25) is 0 Å². The Kier molecular flexibility index (Phi) is 4.17. The van der Waals surface area contributed by atoms with Crippen LogP contribution in [0.4, 0.5) is 24.9 Å². The van der Waals surface area contributed by atoms with Crippen molar-refractivity contribution in [2.75, 3.05) is 11.5 Å². The molecule has 0 aliphatic heterocycles. The summed E-state index contributed by atoms with van der Waals surface area (Å²) in [6.45, 7) is 0. The molecular weight excluding hydrogens is 357 g/mol. The fraction of sp³-hybridized carbons (Fsp3) is 0.0667. The summed E-state index contributed by atoms with van der Waals surface area (Å²) < 4.78 is 37.7. The van der Waals surface area contributed by atoms with Gasteiger partial charge in [-0.15, -0.1) is 0 Å². The van der Waals surface area contributed by atoms with Crippen LogP contribution in [0.5, 0.6) is 0 Å². The lowest BCUT2D eigenvalue weighted by Gasteiger charge is -2.06. The predicted molar refractivity (Wildman–Crippen MR) is 89.1 cm³/mol. The minimum absolute atomic E-state index is 0.0292. The molecule has 0 bridgehead atoms. The number of alkyl halides is 3. The van der Waals surface area contributed by atoms with Gasteiger partial charge in [-0.05, 0) is 23.8 Å². The van der Waals surface area contributed by atoms with Crippen molar-refractivity contribution in [2.45, 2.75) is 6.18 Å². The van der Waals surface area contributed by atoms with Crippen molar-refractivity contribution >= 4 is 45.6 Å². The van der Waals surface area contributed by atoms with Crippen LogP contribution in [-0.2, 0) is 6.18 Å². The van der Waals surface area contributed by atoms with Crippen molar-refractivity contribution in [3.05, 3.63) is 47.3 Å². The van der Waals surface area contributed by atoms with Gasteiger partial charge in [0, 0.05) is 0 Å². The molecule has 0 unspecified atom stereocenters. The molecular formula is C15H10ClF3N6. The summed E-state index contributed by atoms with van der Waals surface area (Å²) >= 11 is 6.18. The predicted octanol–water partition coefficient (Wildman–Crippen LogP) is 3.34. The zero-order valence-corrected chi connectivity index (χ0v) is 13.2. The van der Waals surface area contributed by atoms with E-state index in [-0.39, 0.29) is 33.7 Å². The molecule has 10 heteroatoms. The van der Waals surface area contributed by atoms with E-state index in [0.29, 0.717) is 5.56 Å². The van der Waals surface area contributed by atoms with Gasteiger partial charge in [0.05, 0.1) is 16.8 Å². The standard InChI is InChI=1S/C15H10ClF3N6/c16-9(5-7-1-3-8(4-2-7)15(17,18)19)10-6-22-13-11(23-10)12(20)24-14(21)25-13/h1-6H,(H4,20,21,22,24,25)/b9-5-. The van der Waals surface area contributed by atoms with E-state index in [9.17, 15) is 13.2 Å². The van der Waals surface area contributed by atoms with E-state index in [0.717, 1.165) is 12.1 Å². The Bertz CT molecular complexity index is 969. The SMILES string of the molecule is Nc1nc(N)c2nc(/C(Cl)=C/c3ccc(C(F)(F)F)cc3)cnc2n1. The molecule has 2 aromatic heterocycles. The lowest BCUT2D eigenvalue weighted by Crippen LogP contribution is -2.04. The highest BCUT2D eigenvalue weighted by Gasteiger charge is 2.29. The smallest absolute Gasteiger partial charge is 0.382 e. The second-order valence-corrected chi connectivity index (χ2v) is 5.41. The number of halogens is 4. The van der Waals surface area contributed by atoms with Gasteiger partial charge in [-0.1, -0.05) is 23.7 Å². The van der Waals surface area contributed by atoms with Crippen LogP contribution in [0.1, 0.15) is 16.8 Å². The van der Waals surface area contributed by atoms with Crippen LogP contribution in [0.2, 0.25) is 0 Å². The molecule has 128 valence electrons. The van der Waals surface area contributed by atoms with Crippen LogP contribution < -0.4 is 11.5 Å². The first-order valence-electron chi connectivity index (χ1n) is 6.84. The van der Waals surface area contributed by atoms with Crippen molar-refractivity contribution in [3.63, 3.8) is 0 Å². The van der Waals surface area contributed by atoms with Crippen molar-refractivity contribution in [3.8, 4) is 0 Å². The summed E-state index contributed by atoms with van der Waals surface area (Å²) in [7, 11) is 0. The highest BCUT2D eigenvalue weighted by atomic mass is 35.5. The number of nitrogen functional groups attached to an aromatic ring is 2. The highest BCUT2D eigenvalue weighted by Crippen LogP contribution is 2.30. The third-order valence-corrected chi connectivity index (χ3v) is 3.53. The number of fused-ring (bicyclic) bond motifs is 1. The molecule has 25 heavy (non-hydrogen) atoms. The largest absolute Gasteiger partial charge is 0.416 e. The molecule has 3 rings (SSSR count). The summed E-state index contributed by atoms with van der Waals surface area (Å²) in [6.07, 6.45) is -1.57. The van der Waals surface area contributed by atoms with Gasteiger partial charge in [-0.25, -0.2) is 9.97 Å². The Hall–Kier alpha value is -2.94. The summed E-state index contributed by atoms with van der Waals surface area (Å²) in [5, 5.41) is 0.172. The van der Waals surface area contributed by atoms with Crippen LogP contribution >= 0.6 is 11.6 Å². The maximum absolute atomic E-state index is 12.6. The van der Waals surface area contributed by atoms with Crippen molar-refractivity contribution in [1.82, 2.24) is 19.9 Å². The maximum atomic E-state index is 12.6. The Morgan fingerprint density at radius 1 is 1.04 bits per heavy atom. The van der Waals surface area contributed by atoms with Crippen LogP contribution in [0.25, 0.3) is 22.3 Å². The van der Waals surface area contributed by atoms with Crippen molar-refractivity contribution in [2.24, 2.45) is 0 Å². The first-order valence-corrected chi connectivity index (χ1v) is 7.22. The molecule has 2 heterocycles. The molecule has 0 spiro atoms. The molecule has 0 fully saturated rings. The van der Waals surface area contributed by atoms with Crippen molar-refractivity contribution < 1.29 is 13.2 Å². The summed E-state index contributed by atoms with van der Waals surface area (Å²) in [6, 6.07) is 4.54. The number of aromatic nitrogens is 4. The van der Waals surface area contributed by atoms with E-state index in [4.69, 9.17) is 23.1 Å². The quantitative estimate of drug-likeness (QED) is 0.721. The number of anilines is 2. The van der Waals surface area contributed by atoms with E-state index in [2.05, 4.69) is 19.9 Å². The fourth-order valence-electron chi connectivity index (χ4n) is 2.05. The van der Waals surface area contributed by atoms with Gasteiger partial charge >= 0.3 is 6.18 Å². The number of rotatable bonds is 2. The molecule has 0 aliphatic rings. The van der Waals surface area contributed by atoms with Gasteiger partial charge in [0.15, 0.2) is 17.0 Å². The molecule has 0 saturated carbocycles. The Morgan fingerprint density at radius 2 is 1.72 bits per heavy atom. The Balaban J connectivity index is 1.96. The van der Waals surface area contributed by atoms with Crippen LogP contribution in [-0.4, -0.2) is 19.9 Å². The van der Waals surface area contributed by atoms with Gasteiger partial charge in [0.25, 0.3) is 0 Å². The van der Waals surface area contributed by atoms with Crippen molar-refractivity contribution in [1.29, 1.82) is 0 Å². The third-order valence-electron chi connectivity index (χ3n) is 3.23. The molecule has 4 N–H and O–H groups in total. The molecule has 6 nitrogen and oxygen atoms in total. The second-order valence-electron chi connectivity index (χ2n) is 5.01. The monoisotopic (exact) mass is 366 g/mol. The second kappa shape index (κ2) is 6.17. The van der Waals surface area contributed by atoms with E-state index < -0.39 is 11.7 Å². The molecule has 0 radical (unpaired) electrons. The van der Waals surface area contributed by atoms with E-state index >= 15 is 0 Å². The third kappa shape index (κ3) is 3.61. The number of hydrogen-bond donors (Lipinski definition) is 2. The minimum atomic E-state index is -4.39. The number of nitrogens with zero attached hydrogens (tertiary/aromatic N) is 4. The average molecular weight is 367 g/mol. The molecule has 0 amide bonds. The van der Waals surface area contributed by atoms with Gasteiger partial charge in [0.2, 0.25) is 5.95 Å². The van der Waals surface area contributed by atoms with Gasteiger partial charge < -0.3 is 11.5 Å². The van der Waals surface area contributed by atoms with Gasteiger partial charge in [-0.2, -0.15) is 23.1 Å². The fourth-order valence-corrected chi connectivity index (χ4v) is 2.27. The highest BCUT2D eigenvalue weighted by molar-refractivity contribution is 6.51. The lowest BCUT2D eigenvalue weighted by atomic mass is 10.1. The zero-order valence-electron chi connectivity index (χ0n) is 12.4. The molecule has 0 saturated heterocycles. The Morgan fingerprint density at radius 3 is 2.36 bits per heavy atom. The lowest BCUT2D eigenvalue weighted by molar-refractivity contribution is -0.137. The summed E-state index contributed by atoms with van der Waals surface area (Å²) in [5.74, 6) is 0.0225. The first kappa shape index (κ1) is 16.9. The van der Waals surface area contributed by atoms with E-state index in [1.807, 2.05) is 0 Å². The molecule has 1 aromatic carbocycles. The molecule has 0 aliphatic carbocycles. The van der Waals surface area contributed by atoms with Crippen LogP contribution in [0, 0.1) is 0 Å². The summed E-state index contributed by atoms with van der Waals surface area (Å²) in [5.41, 5.74) is 11.7. The Labute approximate surface area is 144 Å².